The summed E-state index contributed by atoms with van der Waals surface area (Å²) in [4.78, 5) is 24.1. The Balaban J connectivity index is 1.39. The fraction of sp³-hybridized carbons (Fsp3) is 0.300. The number of sulfone groups is 1. The minimum atomic E-state index is -3.08. The van der Waals surface area contributed by atoms with Crippen molar-refractivity contribution in [2.24, 2.45) is 0 Å². The van der Waals surface area contributed by atoms with Crippen LogP contribution in [0.15, 0.2) is 47.1 Å². The van der Waals surface area contributed by atoms with E-state index in [-0.39, 0.29) is 17.9 Å². The van der Waals surface area contributed by atoms with Gasteiger partial charge in [0, 0.05) is 17.0 Å². The molecule has 4 rings (SSSR count). The fourth-order valence-corrected chi connectivity index (χ4v) is 5.21. The van der Waals surface area contributed by atoms with Crippen LogP contribution in [0, 0.1) is 0 Å². The van der Waals surface area contributed by atoms with Gasteiger partial charge in [0.1, 0.15) is 5.58 Å². The third-order valence-corrected chi connectivity index (χ3v) is 6.60. The summed E-state index contributed by atoms with van der Waals surface area (Å²) >= 11 is 0. The predicted molar refractivity (Wildman–Crippen MR) is 104 cm³/mol. The maximum absolute atomic E-state index is 12.2. The normalized spacial score (nSPS) is 18.4. The van der Waals surface area contributed by atoms with E-state index in [1.807, 2.05) is 36.4 Å². The number of benzene rings is 2. The molecule has 0 unspecified atom stereocenters. The molecule has 1 aliphatic rings. The van der Waals surface area contributed by atoms with Gasteiger partial charge in [-0.15, -0.1) is 0 Å². The molecule has 1 amide bonds. The molecule has 1 atom stereocenters. The highest BCUT2D eigenvalue weighted by Crippen LogP contribution is 2.30. The van der Waals surface area contributed by atoms with Crippen molar-refractivity contribution in [3.05, 3.63) is 48.2 Å². The maximum Gasteiger partial charge on any atom is 0.310 e. The van der Waals surface area contributed by atoms with E-state index in [0.717, 1.165) is 16.2 Å². The lowest BCUT2D eigenvalue weighted by atomic mass is 10.0. The van der Waals surface area contributed by atoms with Gasteiger partial charge in [0.05, 0.1) is 24.2 Å². The zero-order valence-electron chi connectivity index (χ0n) is 15.0. The minimum Gasteiger partial charge on any atom is -0.464 e. The van der Waals surface area contributed by atoms with Gasteiger partial charge in [-0.3, -0.25) is 9.59 Å². The molecule has 0 saturated carbocycles. The average Bonchev–Trinajstić information content (AvgIpc) is 3.23. The van der Waals surface area contributed by atoms with Crippen LogP contribution in [0.1, 0.15) is 12.0 Å². The Morgan fingerprint density at radius 2 is 2.00 bits per heavy atom. The fourth-order valence-electron chi connectivity index (χ4n) is 3.54. The highest BCUT2D eigenvalue weighted by atomic mass is 32.2. The first-order valence-corrected chi connectivity index (χ1v) is 10.8. The molecule has 8 heteroatoms. The first-order valence-electron chi connectivity index (χ1n) is 8.94. The SMILES string of the molecule is O=C(COC(=O)Cc1coc2ccc3ccccc3c12)N[C@H]1CCS(=O)(=O)C1. The third kappa shape index (κ3) is 3.87. The summed E-state index contributed by atoms with van der Waals surface area (Å²) in [5, 5.41) is 5.47. The van der Waals surface area contributed by atoms with E-state index in [2.05, 4.69) is 5.32 Å². The van der Waals surface area contributed by atoms with E-state index in [4.69, 9.17) is 9.15 Å². The summed E-state index contributed by atoms with van der Waals surface area (Å²) in [6.45, 7) is -0.439. The number of furan rings is 1. The highest BCUT2D eigenvalue weighted by Gasteiger charge is 2.29. The Morgan fingerprint density at radius 1 is 1.18 bits per heavy atom. The van der Waals surface area contributed by atoms with Crippen molar-refractivity contribution in [2.75, 3.05) is 18.1 Å². The van der Waals surface area contributed by atoms with Crippen LogP contribution < -0.4 is 5.32 Å². The summed E-state index contributed by atoms with van der Waals surface area (Å²) in [7, 11) is -3.08. The van der Waals surface area contributed by atoms with Crippen molar-refractivity contribution in [1.29, 1.82) is 0 Å². The van der Waals surface area contributed by atoms with Gasteiger partial charge < -0.3 is 14.5 Å². The summed E-state index contributed by atoms with van der Waals surface area (Å²) in [6.07, 6.45) is 1.89. The van der Waals surface area contributed by atoms with Gasteiger partial charge >= 0.3 is 5.97 Å². The van der Waals surface area contributed by atoms with Crippen molar-refractivity contribution in [3.63, 3.8) is 0 Å². The van der Waals surface area contributed by atoms with E-state index >= 15 is 0 Å². The molecular formula is C20H19NO6S. The van der Waals surface area contributed by atoms with Gasteiger partial charge in [-0.25, -0.2) is 8.42 Å². The van der Waals surface area contributed by atoms with Crippen LogP contribution in [0.4, 0.5) is 0 Å². The molecule has 0 aliphatic carbocycles. The molecule has 146 valence electrons. The van der Waals surface area contributed by atoms with Crippen LogP contribution in [0.5, 0.6) is 0 Å². The summed E-state index contributed by atoms with van der Waals surface area (Å²) < 4.78 is 33.4. The molecule has 28 heavy (non-hydrogen) atoms. The molecule has 2 heterocycles. The van der Waals surface area contributed by atoms with Crippen molar-refractivity contribution in [3.8, 4) is 0 Å². The molecule has 1 aliphatic heterocycles. The lowest BCUT2D eigenvalue weighted by Crippen LogP contribution is -2.38. The van der Waals surface area contributed by atoms with Crippen LogP contribution in [-0.4, -0.2) is 44.4 Å². The minimum absolute atomic E-state index is 0.0217. The Kier molecular flexibility index (Phi) is 4.80. The van der Waals surface area contributed by atoms with Gasteiger partial charge in [0.2, 0.25) is 0 Å². The Morgan fingerprint density at radius 3 is 2.79 bits per heavy atom. The van der Waals surface area contributed by atoms with Gasteiger partial charge in [-0.05, 0) is 23.3 Å². The van der Waals surface area contributed by atoms with E-state index in [0.29, 0.717) is 17.6 Å². The van der Waals surface area contributed by atoms with Crippen LogP contribution in [-0.2, 0) is 30.6 Å². The van der Waals surface area contributed by atoms with Crippen molar-refractivity contribution < 1.29 is 27.2 Å². The molecule has 1 fully saturated rings. The van der Waals surface area contributed by atoms with Gasteiger partial charge in [-0.2, -0.15) is 0 Å². The summed E-state index contributed by atoms with van der Waals surface area (Å²) in [5.41, 5.74) is 1.38. The number of rotatable bonds is 5. The van der Waals surface area contributed by atoms with Gasteiger partial charge in [0.25, 0.3) is 5.91 Å². The Labute approximate surface area is 161 Å². The predicted octanol–water partition coefficient (Wildman–Crippen LogP) is 1.98. The van der Waals surface area contributed by atoms with Crippen LogP contribution >= 0.6 is 0 Å². The maximum atomic E-state index is 12.2. The Bertz CT molecular complexity index is 1160. The van der Waals surface area contributed by atoms with Crippen LogP contribution in [0.25, 0.3) is 21.7 Å². The number of fused-ring (bicyclic) bond motifs is 3. The zero-order chi connectivity index (χ0) is 19.7. The monoisotopic (exact) mass is 401 g/mol. The quantitative estimate of drug-likeness (QED) is 0.656. The number of hydrogen-bond donors (Lipinski definition) is 1. The molecule has 1 saturated heterocycles. The van der Waals surface area contributed by atoms with Crippen LogP contribution in [0.3, 0.4) is 0 Å². The van der Waals surface area contributed by atoms with Gasteiger partial charge in [0.15, 0.2) is 16.4 Å². The lowest BCUT2D eigenvalue weighted by Gasteiger charge is -2.11. The smallest absolute Gasteiger partial charge is 0.310 e. The molecule has 0 radical (unpaired) electrons. The standard InChI is InChI=1S/C20H19NO6S/c22-18(21-15-7-8-28(24,25)12-15)11-27-19(23)9-14-10-26-17-6-5-13-3-1-2-4-16(13)20(14)17/h1-6,10,15H,7-9,11-12H2,(H,21,22)/t15-/m0/s1. The summed E-state index contributed by atoms with van der Waals surface area (Å²) in [6, 6.07) is 11.2. The molecule has 2 aromatic carbocycles. The van der Waals surface area contributed by atoms with Crippen LogP contribution in [0.2, 0.25) is 0 Å². The van der Waals surface area contributed by atoms with Gasteiger partial charge in [-0.1, -0.05) is 30.3 Å². The number of ether oxygens (including phenoxy) is 1. The highest BCUT2D eigenvalue weighted by molar-refractivity contribution is 7.91. The summed E-state index contributed by atoms with van der Waals surface area (Å²) in [5.74, 6) is -1.05. The molecule has 0 spiro atoms. The second-order valence-electron chi connectivity index (χ2n) is 6.93. The molecular weight excluding hydrogens is 382 g/mol. The molecule has 1 N–H and O–H groups in total. The number of carbonyl (C=O) groups excluding carboxylic acids is 2. The molecule has 7 nitrogen and oxygen atoms in total. The number of esters is 1. The first-order chi connectivity index (χ1) is 13.4. The number of hydrogen-bond acceptors (Lipinski definition) is 6. The van der Waals surface area contributed by atoms with Crippen molar-refractivity contribution in [2.45, 2.75) is 18.9 Å². The molecule has 1 aromatic heterocycles. The number of nitrogens with one attached hydrogen (secondary N) is 1. The Hall–Kier alpha value is -2.87. The molecule has 3 aromatic rings. The van der Waals surface area contributed by atoms with E-state index in [1.165, 1.54) is 6.26 Å². The second-order valence-corrected chi connectivity index (χ2v) is 9.15. The lowest BCUT2D eigenvalue weighted by molar-refractivity contribution is -0.148. The number of amides is 1. The number of carbonyl (C=O) groups is 2. The largest absolute Gasteiger partial charge is 0.464 e. The van der Waals surface area contributed by atoms with E-state index in [9.17, 15) is 18.0 Å². The topological polar surface area (TPSA) is 103 Å². The molecule has 0 bridgehead atoms. The third-order valence-electron chi connectivity index (χ3n) is 4.84. The van der Waals surface area contributed by atoms with E-state index < -0.39 is 34.4 Å². The van der Waals surface area contributed by atoms with Crippen molar-refractivity contribution >= 4 is 43.5 Å². The van der Waals surface area contributed by atoms with E-state index in [1.54, 1.807) is 0 Å². The average molecular weight is 401 g/mol. The zero-order valence-corrected chi connectivity index (χ0v) is 15.8. The second kappa shape index (κ2) is 7.27. The van der Waals surface area contributed by atoms with Crippen molar-refractivity contribution in [1.82, 2.24) is 5.32 Å². The first kappa shape index (κ1) is 18.5.